The molecule has 0 aromatic heterocycles. The fourth-order valence-electron chi connectivity index (χ4n) is 2.17. The van der Waals surface area contributed by atoms with E-state index in [1.54, 1.807) is 0 Å². The molecular weight excluding hydrogens is 273 g/mol. The minimum absolute atomic E-state index is 0.121. The maximum Gasteiger partial charge on any atom is 0.306 e. The Balaban J connectivity index is 2.09. The lowest BCUT2D eigenvalue weighted by atomic mass is 9.96. The van der Waals surface area contributed by atoms with Gasteiger partial charge in [0, 0.05) is 13.1 Å². The summed E-state index contributed by atoms with van der Waals surface area (Å²) in [4.78, 5) is 24.5. The molecule has 1 aromatic carbocycles. The number of halogens is 2. The van der Waals surface area contributed by atoms with E-state index in [0.717, 1.165) is 0 Å². The number of nitrogens with zero attached hydrogens (tertiary/aromatic N) is 1. The second-order valence-electron chi connectivity index (χ2n) is 4.51. The molecular formula is C13H13ClFNO3. The summed E-state index contributed by atoms with van der Waals surface area (Å²) in [5.74, 6) is -2.23. The number of carbonyl (C=O) groups is 2. The van der Waals surface area contributed by atoms with Gasteiger partial charge in [-0.2, -0.15) is 0 Å². The lowest BCUT2D eigenvalue weighted by molar-refractivity contribution is -0.143. The predicted molar refractivity (Wildman–Crippen MR) is 67.7 cm³/mol. The van der Waals surface area contributed by atoms with Crippen LogP contribution >= 0.6 is 11.6 Å². The van der Waals surface area contributed by atoms with E-state index in [0.29, 0.717) is 25.9 Å². The quantitative estimate of drug-likeness (QED) is 0.908. The average molecular weight is 286 g/mol. The summed E-state index contributed by atoms with van der Waals surface area (Å²) in [7, 11) is 0. The van der Waals surface area contributed by atoms with Crippen LogP contribution in [0.15, 0.2) is 18.2 Å². The van der Waals surface area contributed by atoms with Crippen LogP contribution in [0.5, 0.6) is 0 Å². The first kappa shape index (κ1) is 13.8. The summed E-state index contributed by atoms with van der Waals surface area (Å²) < 4.78 is 13.3. The number of carbonyl (C=O) groups excluding carboxylic acids is 1. The first-order chi connectivity index (χ1) is 9.00. The first-order valence-electron chi connectivity index (χ1n) is 5.97. The van der Waals surface area contributed by atoms with Gasteiger partial charge in [0.25, 0.3) is 5.91 Å². The number of rotatable bonds is 2. The van der Waals surface area contributed by atoms with Gasteiger partial charge >= 0.3 is 5.97 Å². The van der Waals surface area contributed by atoms with Crippen molar-refractivity contribution >= 4 is 23.5 Å². The van der Waals surface area contributed by atoms with Crippen LogP contribution in [0.1, 0.15) is 23.2 Å². The molecule has 1 aromatic rings. The molecule has 1 aliphatic heterocycles. The Morgan fingerprint density at radius 2 is 1.95 bits per heavy atom. The molecule has 1 N–H and O–H groups in total. The van der Waals surface area contributed by atoms with Gasteiger partial charge in [-0.3, -0.25) is 9.59 Å². The van der Waals surface area contributed by atoms with Crippen molar-refractivity contribution in [1.29, 1.82) is 0 Å². The van der Waals surface area contributed by atoms with Crippen LogP contribution < -0.4 is 0 Å². The third kappa shape index (κ3) is 2.87. The normalized spacial score (nSPS) is 16.4. The topological polar surface area (TPSA) is 57.6 Å². The first-order valence-corrected chi connectivity index (χ1v) is 6.34. The number of hydrogen-bond donors (Lipinski definition) is 1. The minimum atomic E-state index is -0.837. The molecule has 102 valence electrons. The SMILES string of the molecule is O=C(O)C1CCN(C(=O)c2cccc(F)c2Cl)CC1. The molecule has 0 unspecified atom stereocenters. The van der Waals surface area contributed by atoms with E-state index in [1.807, 2.05) is 0 Å². The van der Waals surface area contributed by atoms with Crippen LogP contribution in [-0.4, -0.2) is 35.0 Å². The lowest BCUT2D eigenvalue weighted by Crippen LogP contribution is -2.40. The molecule has 1 amide bonds. The Hall–Kier alpha value is -1.62. The van der Waals surface area contributed by atoms with Crippen molar-refractivity contribution in [2.45, 2.75) is 12.8 Å². The van der Waals surface area contributed by atoms with E-state index in [4.69, 9.17) is 16.7 Å². The Morgan fingerprint density at radius 3 is 2.53 bits per heavy atom. The molecule has 1 saturated heterocycles. The van der Waals surface area contributed by atoms with E-state index < -0.39 is 17.7 Å². The van der Waals surface area contributed by atoms with E-state index in [-0.39, 0.29) is 16.5 Å². The molecule has 6 heteroatoms. The second-order valence-corrected chi connectivity index (χ2v) is 4.88. The van der Waals surface area contributed by atoms with Crippen LogP contribution in [0.3, 0.4) is 0 Å². The van der Waals surface area contributed by atoms with Gasteiger partial charge in [0.15, 0.2) is 0 Å². The summed E-state index contributed by atoms with van der Waals surface area (Å²) in [5, 5.41) is 8.70. The van der Waals surface area contributed by atoms with Crippen molar-refractivity contribution in [3.63, 3.8) is 0 Å². The monoisotopic (exact) mass is 285 g/mol. The van der Waals surface area contributed by atoms with Crippen LogP contribution in [0.4, 0.5) is 4.39 Å². The highest BCUT2D eigenvalue weighted by molar-refractivity contribution is 6.34. The van der Waals surface area contributed by atoms with Crippen molar-refractivity contribution in [1.82, 2.24) is 4.90 Å². The van der Waals surface area contributed by atoms with Gasteiger partial charge in [0.2, 0.25) is 0 Å². The van der Waals surface area contributed by atoms with Gasteiger partial charge in [-0.15, -0.1) is 0 Å². The molecule has 1 heterocycles. The minimum Gasteiger partial charge on any atom is -0.481 e. The Bertz CT molecular complexity index is 513. The van der Waals surface area contributed by atoms with E-state index >= 15 is 0 Å². The molecule has 0 spiro atoms. The molecule has 0 saturated carbocycles. The number of likely N-dealkylation sites (tertiary alicyclic amines) is 1. The number of carboxylic acid groups (broad SMARTS) is 1. The Kier molecular flexibility index (Phi) is 4.04. The van der Waals surface area contributed by atoms with Crippen LogP contribution in [-0.2, 0) is 4.79 Å². The van der Waals surface area contributed by atoms with Gasteiger partial charge in [0.05, 0.1) is 16.5 Å². The average Bonchev–Trinajstić information content (AvgIpc) is 2.41. The van der Waals surface area contributed by atoms with E-state index in [2.05, 4.69) is 0 Å². The zero-order valence-corrected chi connectivity index (χ0v) is 10.9. The van der Waals surface area contributed by atoms with Crippen molar-refractivity contribution in [2.24, 2.45) is 5.92 Å². The van der Waals surface area contributed by atoms with Crippen molar-refractivity contribution < 1.29 is 19.1 Å². The molecule has 2 rings (SSSR count). The van der Waals surface area contributed by atoms with Crippen LogP contribution in [0.2, 0.25) is 5.02 Å². The highest BCUT2D eigenvalue weighted by atomic mass is 35.5. The maximum absolute atomic E-state index is 13.3. The van der Waals surface area contributed by atoms with Gasteiger partial charge in [0.1, 0.15) is 5.82 Å². The summed E-state index contributed by atoms with van der Waals surface area (Å²) in [6.07, 6.45) is 0.821. The third-order valence-electron chi connectivity index (χ3n) is 3.31. The van der Waals surface area contributed by atoms with E-state index in [1.165, 1.54) is 23.1 Å². The van der Waals surface area contributed by atoms with E-state index in [9.17, 15) is 14.0 Å². The van der Waals surface area contributed by atoms with Crippen LogP contribution in [0.25, 0.3) is 0 Å². The fraction of sp³-hybridized carbons (Fsp3) is 0.385. The molecule has 4 nitrogen and oxygen atoms in total. The molecule has 19 heavy (non-hydrogen) atoms. The third-order valence-corrected chi connectivity index (χ3v) is 3.70. The largest absolute Gasteiger partial charge is 0.481 e. The maximum atomic E-state index is 13.3. The molecule has 0 radical (unpaired) electrons. The van der Waals surface area contributed by atoms with Crippen molar-refractivity contribution in [2.75, 3.05) is 13.1 Å². The van der Waals surface area contributed by atoms with Crippen molar-refractivity contribution in [3.05, 3.63) is 34.6 Å². The highest BCUT2D eigenvalue weighted by Crippen LogP contribution is 2.24. The number of carboxylic acids is 1. The van der Waals surface area contributed by atoms with Gasteiger partial charge in [-0.25, -0.2) is 4.39 Å². The molecule has 1 aliphatic rings. The van der Waals surface area contributed by atoms with Gasteiger partial charge < -0.3 is 10.0 Å². The zero-order chi connectivity index (χ0) is 14.0. The van der Waals surface area contributed by atoms with Gasteiger partial charge in [-0.05, 0) is 25.0 Å². The summed E-state index contributed by atoms with van der Waals surface area (Å²) >= 11 is 5.77. The molecule has 0 bridgehead atoms. The smallest absolute Gasteiger partial charge is 0.306 e. The fourth-order valence-corrected chi connectivity index (χ4v) is 2.38. The number of piperidine rings is 1. The Labute approximate surface area is 114 Å². The zero-order valence-electron chi connectivity index (χ0n) is 10.1. The van der Waals surface area contributed by atoms with Gasteiger partial charge in [-0.1, -0.05) is 17.7 Å². The number of amides is 1. The second kappa shape index (κ2) is 5.57. The van der Waals surface area contributed by atoms with Crippen LogP contribution in [0, 0.1) is 11.7 Å². The molecule has 1 fully saturated rings. The predicted octanol–water partition coefficient (Wildman–Crippen LogP) is 2.42. The highest BCUT2D eigenvalue weighted by Gasteiger charge is 2.28. The van der Waals surface area contributed by atoms with Crippen molar-refractivity contribution in [3.8, 4) is 0 Å². The number of hydrogen-bond acceptors (Lipinski definition) is 2. The summed E-state index contributed by atoms with van der Waals surface area (Å²) in [5.41, 5.74) is 0.121. The number of benzene rings is 1. The summed E-state index contributed by atoms with van der Waals surface area (Å²) in [6, 6.07) is 4.09. The lowest BCUT2D eigenvalue weighted by Gasteiger charge is -2.30. The number of aliphatic carboxylic acids is 1. The molecule has 0 aliphatic carbocycles. The summed E-state index contributed by atoms with van der Waals surface area (Å²) in [6.45, 7) is 0.700. The molecule has 0 atom stereocenters. The Morgan fingerprint density at radius 1 is 1.32 bits per heavy atom. The standard InChI is InChI=1S/C13H13ClFNO3/c14-11-9(2-1-3-10(11)15)12(17)16-6-4-8(5-7-16)13(18)19/h1-3,8H,4-7H2,(H,18,19).